The van der Waals surface area contributed by atoms with E-state index in [1.165, 1.54) is 27.6 Å². The maximum Gasteiger partial charge on any atom is 0.170 e. The lowest BCUT2D eigenvalue weighted by Crippen LogP contribution is -2.30. The van der Waals surface area contributed by atoms with Crippen molar-refractivity contribution >= 4 is 33.9 Å². The second-order valence-electron chi connectivity index (χ2n) is 5.74. The Bertz CT molecular complexity index is 836. The summed E-state index contributed by atoms with van der Waals surface area (Å²) in [7, 11) is 0. The number of hydrogen-bond acceptors (Lipinski definition) is 1. The lowest BCUT2D eigenvalue weighted by molar-refractivity contribution is 0.878. The number of H-pyrrole nitrogens is 1. The van der Waals surface area contributed by atoms with E-state index in [1.807, 2.05) is 12.1 Å². The van der Waals surface area contributed by atoms with Crippen LogP contribution in [0.25, 0.3) is 10.9 Å². The van der Waals surface area contributed by atoms with E-state index in [2.05, 4.69) is 66.0 Å². The Morgan fingerprint density at radius 1 is 1.09 bits per heavy atom. The highest BCUT2D eigenvalue weighted by Crippen LogP contribution is 2.19. The van der Waals surface area contributed by atoms with Crippen LogP contribution in [0, 0.1) is 13.8 Å². The molecule has 3 N–H and O–H groups in total. The smallest absolute Gasteiger partial charge is 0.170 e. The molecule has 0 bridgehead atoms. The van der Waals surface area contributed by atoms with Gasteiger partial charge in [-0.3, -0.25) is 0 Å². The molecule has 0 amide bonds. The number of thiocarbonyl (C=S) groups is 1. The summed E-state index contributed by atoms with van der Waals surface area (Å²) in [5.41, 5.74) is 6.04. The van der Waals surface area contributed by atoms with E-state index in [1.54, 1.807) is 0 Å². The molecule has 0 spiro atoms. The number of hydrogen-bond donors (Lipinski definition) is 3. The van der Waals surface area contributed by atoms with E-state index in [-0.39, 0.29) is 0 Å². The van der Waals surface area contributed by atoms with Crippen molar-refractivity contribution in [2.45, 2.75) is 20.3 Å². The summed E-state index contributed by atoms with van der Waals surface area (Å²) < 4.78 is 0. The van der Waals surface area contributed by atoms with Gasteiger partial charge in [0, 0.05) is 29.3 Å². The van der Waals surface area contributed by atoms with Gasteiger partial charge in [-0.25, -0.2) is 0 Å². The van der Waals surface area contributed by atoms with Gasteiger partial charge in [-0.05, 0) is 61.3 Å². The summed E-state index contributed by atoms with van der Waals surface area (Å²) in [5.74, 6) is 0. The molecule has 1 aromatic heterocycles. The average molecular weight is 323 g/mol. The fraction of sp³-hybridized carbons (Fsp3) is 0.211. The van der Waals surface area contributed by atoms with Gasteiger partial charge in [-0.2, -0.15) is 0 Å². The van der Waals surface area contributed by atoms with Gasteiger partial charge in [0.1, 0.15) is 0 Å². The van der Waals surface area contributed by atoms with Gasteiger partial charge >= 0.3 is 0 Å². The number of aryl methyl sites for hydroxylation is 1. The Morgan fingerprint density at radius 2 is 1.91 bits per heavy atom. The molecule has 3 nitrogen and oxygen atoms in total. The number of aromatic nitrogens is 1. The molecule has 2 aromatic carbocycles. The summed E-state index contributed by atoms with van der Waals surface area (Å²) in [6.45, 7) is 5.01. The summed E-state index contributed by atoms with van der Waals surface area (Å²) in [6.07, 6.45) is 3.01. The normalized spacial score (nSPS) is 10.7. The molecule has 4 heteroatoms. The number of anilines is 1. The third-order valence-corrected chi connectivity index (χ3v) is 4.45. The van der Waals surface area contributed by atoms with Crippen molar-refractivity contribution in [3.8, 4) is 0 Å². The maximum atomic E-state index is 5.40. The minimum Gasteiger partial charge on any atom is -0.362 e. The van der Waals surface area contributed by atoms with Crippen LogP contribution in [-0.4, -0.2) is 16.6 Å². The van der Waals surface area contributed by atoms with Gasteiger partial charge in [0.05, 0.1) is 0 Å². The zero-order chi connectivity index (χ0) is 16.2. The van der Waals surface area contributed by atoms with Crippen molar-refractivity contribution in [3.63, 3.8) is 0 Å². The molecule has 0 saturated heterocycles. The van der Waals surface area contributed by atoms with Crippen LogP contribution in [0.4, 0.5) is 5.69 Å². The van der Waals surface area contributed by atoms with Crippen LogP contribution in [-0.2, 0) is 6.42 Å². The van der Waals surface area contributed by atoms with Crippen LogP contribution in [0.15, 0.2) is 48.7 Å². The number of aromatic amines is 1. The molecule has 23 heavy (non-hydrogen) atoms. The van der Waals surface area contributed by atoms with E-state index in [9.17, 15) is 0 Å². The van der Waals surface area contributed by atoms with Gasteiger partial charge in [0.2, 0.25) is 0 Å². The summed E-state index contributed by atoms with van der Waals surface area (Å²) in [4.78, 5) is 3.30. The fourth-order valence-electron chi connectivity index (χ4n) is 2.70. The van der Waals surface area contributed by atoms with Crippen molar-refractivity contribution in [3.05, 3.63) is 65.4 Å². The number of benzene rings is 2. The lowest BCUT2D eigenvalue weighted by atomic mass is 10.1. The zero-order valence-corrected chi connectivity index (χ0v) is 14.3. The Kier molecular flexibility index (Phi) is 4.63. The van der Waals surface area contributed by atoms with Gasteiger partial charge in [0.25, 0.3) is 0 Å². The predicted molar refractivity (Wildman–Crippen MR) is 102 cm³/mol. The van der Waals surface area contributed by atoms with Crippen LogP contribution in [0.2, 0.25) is 0 Å². The second-order valence-corrected chi connectivity index (χ2v) is 6.15. The van der Waals surface area contributed by atoms with Gasteiger partial charge in [0.15, 0.2) is 5.11 Å². The fourth-order valence-corrected chi connectivity index (χ4v) is 2.91. The molecule has 0 aliphatic carbocycles. The topological polar surface area (TPSA) is 39.8 Å². The minimum absolute atomic E-state index is 0.665. The number of fused-ring (bicyclic) bond motifs is 1. The third kappa shape index (κ3) is 3.54. The first-order chi connectivity index (χ1) is 11.1. The number of para-hydroxylation sites is 1. The molecule has 0 saturated carbocycles. The molecule has 3 rings (SSSR count). The van der Waals surface area contributed by atoms with Gasteiger partial charge in [-0.1, -0.05) is 30.3 Å². The molecule has 3 aromatic rings. The number of nitrogens with one attached hydrogen (secondary N) is 3. The molecule has 0 atom stereocenters. The summed E-state index contributed by atoms with van der Waals surface area (Å²) in [5, 5.41) is 8.51. The van der Waals surface area contributed by atoms with E-state index in [0.717, 1.165) is 18.7 Å². The first-order valence-electron chi connectivity index (χ1n) is 7.81. The molecule has 118 valence electrons. The van der Waals surface area contributed by atoms with E-state index < -0.39 is 0 Å². The highest BCUT2D eigenvalue weighted by atomic mass is 32.1. The third-order valence-electron chi connectivity index (χ3n) is 4.21. The second kappa shape index (κ2) is 6.84. The maximum absolute atomic E-state index is 5.40. The first-order valence-corrected chi connectivity index (χ1v) is 8.22. The zero-order valence-electron chi connectivity index (χ0n) is 13.4. The van der Waals surface area contributed by atoms with Crippen LogP contribution in [0.3, 0.4) is 0 Å². The quantitative estimate of drug-likeness (QED) is 0.626. The van der Waals surface area contributed by atoms with Crippen molar-refractivity contribution in [1.29, 1.82) is 0 Å². The van der Waals surface area contributed by atoms with Crippen molar-refractivity contribution in [1.82, 2.24) is 10.3 Å². The Labute approximate surface area is 142 Å². The van der Waals surface area contributed by atoms with Crippen LogP contribution >= 0.6 is 12.2 Å². The average Bonchev–Trinajstić information content (AvgIpc) is 2.95. The molecule has 0 aliphatic rings. The predicted octanol–water partition coefficient (Wildman–Crippen LogP) is 4.31. The van der Waals surface area contributed by atoms with Gasteiger partial charge in [-0.15, -0.1) is 0 Å². The molecule has 0 radical (unpaired) electrons. The summed E-state index contributed by atoms with van der Waals surface area (Å²) in [6, 6.07) is 14.6. The highest BCUT2D eigenvalue weighted by Gasteiger charge is 2.05. The Hall–Kier alpha value is -2.33. The summed E-state index contributed by atoms with van der Waals surface area (Å²) >= 11 is 5.40. The van der Waals surface area contributed by atoms with E-state index in [0.29, 0.717) is 5.11 Å². The number of rotatable bonds is 4. The standard InChI is InChI=1S/C19H21N3S/c1-13-6-5-9-17(14(13)2)22-19(23)20-11-10-15-12-21-18-8-4-3-7-16(15)18/h3-9,12,21H,10-11H2,1-2H3,(H2,20,22,23). The van der Waals surface area contributed by atoms with Gasteiger partial charge < -0.3 is 15.6 Å². The SMILES string of the molecule is Cc1cccc(NC(=S)NCCc2c[nH]c3ccccc23)c1C. The molecular formula is C19H21N3S. The minimum atomic E-state index is 0.665. The van der Waals surface area contributed by atoms with Crippen molar-refractivity contribution in [2.75, 3.05) is 11.9 Å². The molecule has 0 aliphatic heterocycles. The molecular weight excluding hydrogens is 302 g/mol. The molecule has 0 fully saturated rings. The monoisotopic (exact) mass is 323 g/mol. The largest absolute Gasteiger partial charge is 0.362 e. The first kappa shape index (κ1) is 15.6. The molecule has 0 unspecified atom stereocenters. The van der Waals surface area contributed by atoms with Crippen LogP contribution in [0.1, 0.15) is 16.7 Å². The van der Waals surface area contributed by atoms with E-state index >= 15 is 0 Å². The lowest BCUT2D eigenvalue weighted by Gasteiger charge is -2.13. The highest BCUT2D eigenvalue weighted by molar-refractivity contribution is 7.80. The van der Waals surface area contributed by atoms with Crippen molar-refractivity contribution < 1.29 is 0 Å². The van der Waals surface area contributed by atoms with Crippen LogP contribution < -0.4 is 10.6 Å². The van der Waals surface area contributed by atoms with Crippen molar-refractivity contribution in [2.24, 2.45) is 0 Å². The van der Waals surface area contributed by atoms with E-state index in [4.69, 9.17) is 12.2 Å². The Balaban J connectivity index is 1.56. The molecule has 1 heterocycles. The van der Waals surface area contributed by atoms with Crippen LogP contribution in [0.5, 0.6) is 0 Å². The Morgan fingerprint density at radius 3 is 2.78 bits per heavy atom.